The van der Waals surface area contributed by atoms with Gasteiger partial charge >= 0.3 is 13.7 Å². The molecule has 0 bridgehead atoms. The molecular weight excluding hydrogens is 842 g/mol. The molecule has 6 rings (SSSR count). The number of esters is 1. The van der Waals surface area contributed by atoms with Crippen LogP contribution in [0, 0.1) is 3.83 Å². The van der Waals surface area contributed by atoms with Crippen molar-refractivity contribution in [3.05, 3.63) is 76.1 Å². The van der Waals surface area contributed by atoms with Crippen LogP contribution in [-0.4, -0.2) is 90.2 Å². The molecule has 0 spiro atoms. The van der Waals surface area contributed by atoms with Crippen molar-refractivity contribution in [2.24, 2.45) is 0 Å². The minimum atomic E-state index is -4.76. The van der Waals surface area contributed by atoms with Gasteiger partial charge in [0.05, 0.1) is 7.11 Å². The molecule has 6 N–H and O–H groups in total. The molecule has 282 valence electrons. The van der Waals surface area contributed by atoms with Gasteiger partial charge in [-0.2, -0.15) is 26.8 Å². The van der Waals surface area contributed by atoms with E-state index in [1.165, 1.54) is 30.4 Å². The number of hydrogen-bond donors (Lipinski definition) is 5. The third kappa shape index (κ3) is 8.49. The van der Waals surface area contributed by atoms with Crippen molar-refractivity contribution in [2.45, 2.75) is 50.0 Å². The van der Waals surface area contributed by atoms with Crippen molar-refractivity contribution in [2.75, 3.05) is 31.5 Å². The monoisotopic (exact) mass is 880 g/mol. The first-order valence-corrected chi connectivity index (χ1v) is 20.3. The number of nitrogen functional groups attached to an aromatic ring is 1. The van der Waals surface area contributed by atoms with E-state index in [0.29, 0.717) is 20.4 Å². The van der Waals surface area contributed by atoms with Gasteiger partial charge in [0.25, 0.3) is 0 Å². The normalized spacial score (nSPS) is 21.7. The zero-order valence-corrected chi connectivity index (χ0v) is 32.7. The number of halogens is 1. The van der Waals surface area contributed by atoms with Crippen LogP contribution in [0.4, 0.5) is 5.95 Å². The summed E-state index contributed by atoms with van der Waals surface area (Å²) in [5.41, 5.74) is 5.30. The van der Waals surface area contributed by atoms with Gasteiger partial charge < -0.3 is 44.3 Å². The predicted octanol–water partition coefficient (Wildman–Crippen LogP) is 4.20. The molecule has 1 aliphatic rings. The molecule has 1 saturated heterocycles. The summed E-state index contributed by atoms with van der Waals surface area (Å²) in [5.74, 6) is -0.230. The topological polar surface area (TPSA) is 223 Å². The summed E-state index contributed by atoms with van der Waals surface area (Å²) in [5, 5.41) is 26.5. The molecule has 16 nitrogen and oxygen atoms in total. The van der Waals surface area contributed by atoms with Crippen LogP contribution in [-0.2, 0) is 25.4 Å². The van der Waals surface area contributed by atoms with Gasteiger partial charge in [0, 0.05) is 28.0 Å². The van der Waals surface area contributed by atoms with Crippen LogP contribution in [0.25, 0.3) is 21.9 Å². The number of carbonyl (C=O) groups excluding carboxylic acids is 1. The maximum Gasteiger partial charge on any atom is 0.457 e. The first-order chi connectivity index (χ1) is 25.3. The second-order valence-corrected chi connectivity index (χ2v) is 15.7. The molecule has 6 atom stereocenters. The summed E-state index contributed by atoms with van der Waals surface area (Å²) >= 11 is 3.41. The molecule has 3 aromatic carbocycles. The summed E-state index contributed by atoms with van der Waals surface area (Å²) in [6, 6.07) is 18.2. The highest BCUT2D eigenvalue weighted by Crippen LogP contribution is 2.48. The lowest BCUT2D eigenvalue weighted by molar-refractivity contribution is -0.147. The number of nitrogens with zero attached hydrogens (tertiary/aromatic N) is 4. The van der Waals surface area contributed by atoms with Crippen molar-refractivity contribution < 1.29 is 47.9 Å². The smallest absolute Gasteiger partial charge is 0.457 e. The third-order valence-electron chi connectivity index (χ3n) is 8.56. The number of nitrogens with two attached hydrogens (primary N) is 1. The SMILES string of the molecule is COc1nc(N)nc2c1nc(I)n2[C@@H]1O[C@H](COc2ccc3ccccc3c2OP(=O)(O)N[C@@H](CCSC)C(=O)OCc2ccccc2)[C@@H](O)[C@@]1(C)O. The molecule has 1 unspecified atom stereocenters. The van der Waals surface area contributed by atoms with Crippen molar-refractivity contribution in [3.8, 4) is 17.4 Å². The van der Waals surface area contributed by atoms with E-state index in [1.807, 2.05) is 47.0 Å². The number of ether oxygens (including phenoxy) is 4. The van der Waals surface area contributed by atoms with E-state index in [2.05, 4.69) is 20.0 Å². The lowest BCUT2D eigenvalue weighted by Gasteiger charge is -2.27. The first kappa shape index (κ1) is 39.0. The number of fused-ring (bicyclic) bond motifs is 2. The summed E-state index contributed by atoms with van der Waals surface area (Å²) < 4.78 is 44.5. The summed E-state index contributed by atoms with van der Waals surface area (Å²) in [6.45, 7) is 1.07. The maximum absolute atomic E-state index is 13.7. The quantitative estimate of drug-likeness (QED) is 0.0430. The standard InChI is InChI=1S/C34H38IN6O10PS/c1-34(44)27(42)24(50-31(34)41-28-25(37-32(41)35)29(47-2)39-33(36)38-28)18-48-23-14-13-20-11-7-8-12-21(20)26(23)51-52(45,46)40-22(15-16-53-3)30(43)49-17-19-9-5-4-6-10-19/h4-14,22,24,27,31,42,44H,15-18H2,1-3H3,(H2,36,38,39)(H2,40,45,46)/t22-,24+,27+,31+,34+/m0/s1. The van der Waals surface area contributed by atoms with Gasteiger partial charge in [-0.3, -0.25) is 9.36 Å². The summed E-state index contributed by atoms with van der Waals surface area (Å²) in [4.78, 5) is 37.1. The van der Waals surface area contributed by atoms with Gasteiger partial charge in [-0.25, -0.2) is 9.55 Å². The average Bonchev–Trinajstić information content (AvgIpc) is 3.58. The van der Waals surface area contributed by atoms with E-state index in [4.69, 9.17) is 29.2 Å². The average molecular weight is 881 g/mol. The van der Waals surface area contributed by atoms with Crippen LogP contribution < -0.4 is 24.8 Å². The Labute approximate surface area is 322 Å². The molecule has 1 fully saturated rings. The van der Waals surface area contributed by atoms with Gasteiger partial charge in [-0.15, -0.1) is 0 Å². The van der Waals surface area contributed by atoms with Crippen molar-refractivity contribution in [3.63, 3.8) is 0 Å². The van der Waals surface area contributed by atoms with Crippen LogP contribution in [0.2, 0.25) is 0 Å². The molecule has 5 aromatic rings. The van der Waals surface area contributed by atoms with Crippen LogP contribution in [0.5, 0.6) is 17.4 Å². The van der Waals surface area contributed by atoms with Crippen LogP contribution in [0.3, 0.4) is 0 Å². The fourth-order valence-electron chi connectivity index (χ4n) is 5.89. The molecule has 0 amide bonds. The zero-order chi connectivity index (χ0) is 37.9. The Hall–Kier alpha value is -3.75. The number of imidazole rings is 1. The lowest BCUT2D eigenvalue weighted by Crippen LogP contribution is -2.45. The van der Waals surface area contributed by atoms with E-state index >= 15 is 0 Å². The van der Waals surface area contributed by atoms with E-state index in [1.54, 1.807) is 48.5 Å². The number of aromatic nitrogens is 4. The Morgan fingerprint density at radius 2 is 1.89 bits per heavy atom. The fourth-order valence-corrected chi connectivity index (χ4v) is 8.20. The van der Waals surface area contributed by atoms with Crippen molar-refractivity contribution in [1.82, 2.24) is 24.6 Å². The van der Waals surface area contributed by atoms with E-state index in [-0.39, 0.29) is 54.1 Å². The van der Waals surface area contributed by atoms with E-state index in [9.17, 15) is 24.5 Å². The number of anilines is 1. The number of thioether (sulfide) groups is 1. The fraction of sp³-hybridized carbons (Fsp3) is 0.353. The number of aliphatic hydroxyl groups excluding tert-OH is 1. The number of hydrogen-bond acceptors (Lipinski definition) is 14. The number of nitrogens with one attached hydrogen (secondary N) is 1. The number of carbonyl (C=O) groups is 1. The highest BCUT2D eigenvalue weighted by atomic mass is 127. The molecule has 2 aromatic heterocycles. The van der Waals surface area contributed by atoms with Gasteiger partial charge in [0.15, 0.2) is 32.7 Å². The van der Waals surface area contributed by atoms with Gasteiger partial charge in [0.1, 0.15) is 37.1 Å². The van der Waals surface area contributed by atoms with Crippen LogP contribution >= 0.6 is 42.1 Å². The van der Waals surface area contributed by atoms with Crippen molar-refractivity contribution in [1.29, 1.82) is 0 Å². The highest BCUT2D eigenvalue weighted by Gasteiger charge is 2.54. The Kier molecular flexibility index (Phi) is 12.0. The third-order valence-corrected chi connectivity index (χ3v) is 11.0. The molecule has 53 heavy (non-hydrogen) atoms. The minimum absolute atomic E-state index is 0.00988. The summed E-state index contributed by atoms with van der Waals surface area (Å²) in [7, 11) is -3.35. The maximum atomic E-state index is 13.7. The number of methoxy groups -OCH3 is 1. The Morgan fingerprint density at radius 3 is 2.62 bits per heavy atom. The molecule has 0 aliphatic carbocycles. The van der Waals surface area contributed by atoms with Crippen molar-refractivity contribution >= 4 is 76.0 Å². The second-order valence-electron chi connectivity index (χ2n) is 12.3. The molecule has 3 heterocycles. The Morgan fingerprint density at radius 1 is 1.15 bits per heavy atom. The molecule has 1 aliphatic heterocycles. The van der Waals surface area contributed by atoms with Crippen LogP contribution in [0.15, 0.2) is 66.7 Å². The van der Waals surface area contributed by atoms with Gasteiger partial charge in [-0.05, 0) is 42.4 Å². The summed E-state index contributed by atoms with van der Waals surface area (Å²) in [6.07, 6.45) is -1.74. The molecule has 0 radical (unpaired) electrons. The van der Waals surface area contributed by atoms with Crippen LogP contribution in [0.1, 0.15) is 25.1 Å². The number of benzene rings is 3. The minimum Gasteiger partial charge on any atom is -0.487 e. The highest BCUT2D eigenvalue weighted by molar-refractivity contribution is 14.1. The molecule has 19 heteroatoms. The molecular formula is C34H38IN6O10PS. The Bertz CT molecular complexity index is 2140. The predicted molar refractivity (Wildman–Crippen MR) is 206 cm³/mol. The van der Waals surface area contributed by atoms with Gasteiger partial charge in [0.2, 0.25) is 11.8 Å². The number of aliphatic hydroxyl groups is 2. The van der Waals surface area contributed by atoms with Gasteiger partial charge in [-0.1, -0.05) is 60.7 Å². The first-order valence-electron chi connectivity index (χ1n) is 16.3. The van der Waals surface area contributed by atoms with E-state index < -0.39 is 43.8 Å². The largest absolute Gasteiger partial charge is 0.487 e. The molecule has 0 saturated carbocycles. The van der Waals surface area contributed by atoms with E-state index in [0.717, 1.165) is 5.56 Å². The zero-order valence-electron chi connectivity index (χ0n) is 28.8. The number of rotatable bonds is 15. The Balaban J connectivity index is 1.23. The second kappa shape index (κ2) is 16.3. The lowest BCUT2D eigenvalue weighted by atomic mass is 9.96.